The van der Waals surface area contributed by atoms with Gasteiger partial charge < -0.3 is 5.32 Å². The van der Waals surface area contributed by atoms with Crippen molar-refractivity contribution in [3.8, 4) is 0 Å². The van der Waals surface area contributed by atoms with Crippen LogP contribution in [0.1, 0.15) is 12.5 Å². The molecule has 1 heterocycles. The first-order chi connectivity index (χ1) is 8.29. The van der Waals surface area contributed by atoms with Crippen molar-refractivity contribution in [3.63, 3.8) is 0 Å². The van der Waals surface area contributed by atoms with Crippen molar-refractivity contribution < 1.29 is 0 Å². The third-order valence-corrected chi connectivity index (χ3v) is 3.40. The summed E-state index contributed by atoms with van der Waals surface area (Å²) in [7, 11) is 0. The number of piperazine rings is 1. The molecule has 1 N–H and O–H groups in total. The minimum absolute atomic E-state index is 0.585. The number of hydrogen-bond acceptors (Lipinski definition) is 2. The van der Waals surface area contributed by atoms with Crippen molar-refractivity contribution in [2.24, 2.45) is 0 Å². The van der Waals surface area contributed by atoms with E-state index >= 15 is 0 Å². The van der Waals surface area contributed by atoms with Crippen molar-refractivity contribution in [1.29, 1.82) is 0 Å². The predicted octanol–water partition coefficient (Wildman–Crippen LogP) is 2.08. The fraction of sp³-hybridized carbons (Fsp3) is 0.467. The standard InChI is InChI=1S/C15H22N2/c1-3-9-17-12-13(2)16-11-15(17)10-14-7-5-4-6-8-14/h3-8,13,15-16H,1,9-12H2,2H3. The molecule has 17 heavy (non-hydrogen) atoms. The van der Waals surface area contributed by atoms with E-state index in [0.29, 0.717) is 12.1 Å². The van der Waals surface area contributed by atoms with Gasteiger partial charge in [-0.05, 0) is 18.9 Å². The summed E-state index contributed by atoms with van der Waals surface area (Å²) in [6, 6.07) is 11.9. The topological polar surface area (TPSA) is 15.3 Å². The molecule has 0 saturated carbocycles. The number of nitrogens with zero attached hydrogens (tertiary/aromatic N) is 1. The van der Waals surface area contributed by atoms with Crippen molar-refractivity contribution >= 4 is 0 Å². The number of hydrogen-bond donors (Lipinski definition) is 1. The Morgan fingerprint density at radius 1 is 1.41 bits per heavy atom. The Kier molecular flexibility index (Phi) is 4.35. The SMILES string of the molecule is C=CCN1CC(C)NCC1Cc1ccccc1. The van der Waals surface area contributed by atoms with Crippen LogP contribution >= 0.6 is 0 Å². The summed E-state index contributed by atoms with van der Waals surface area (Å²) in [6.45, 7) is 9.28. The van der Waals surface area contributed by atoms with E-state index in [2.05, 4.69) is 54.1 Å². The van der Waals surface area contributed by atoms with Crippen molar-refractivity contribution in [3.05, 3.63) is 48.6 Å². The Morgan fingerprint density at radius 3 is 2.88 bits per heavy atom. The second kappa shape index (κ2) is 5.99. The zero-order chi connectivity index (χ0) is 12.1. The Bertz CT molecular complexity index is 347. The van der Waals surface area contributed by atoms with E-state index in [1.54, 1.807) is 0 Å². The lowest BCUT2D eigenvalue weighted by molar-refractivity contribution is 0.150. The van der Waals surface area contributed by atoms with Gasteiger partial charge in [0.05, 0.1) is 0 Å². The maximum absolute atomic E-state index is 3.86. The highest BCUT2D eigenvalue weighted by molar-refractivity contribution is 5.16. The fourth-order valence-electron chi connectivity index (χ4n) is 2.51. The molecule has 1 saturated heterocycles. The van der Waals surface area contributed by atoms with Gasteiger partial charge in [-0.2, -0.15) is 0 Å². The summed E-state index contributed by atoms with van der Waals surface area (Å²) in [5.41, 5.74) is 1.42. The average Bonchev–Trinajstić information content (AvgIpc) is 2.34. The Balaban J connectivity index is 2.00. The molecule has 2 unspecified atom stereocenters. The van der Waals surface area contributed by atoms with E-state index in [-0.39, 0.29) is 0 Å². The number of benzene rings is 1. The molecular weight excluding hydrogens is 208 g/mol. The van der Waals surface area contributed by atoms with Gasteiger partial charge in [0.1, 0.15) is 0 Å². The Hall–Kier alpha value is -1.12. The third kappa shape index (κ3) is 3.42. The van der Waals surface area contributed by atoms with E-state index in [0.717, 1.165) is 26.1 Å². The minimum atomic E-state index is 0.585. The zero-order valence-corrected chi connectivity index (χ0v) is 10.6. The molecule has 0 amide bonds. The summed E-state index contributed by atoms with van der Waals surface area (Å²) in [4.78, 5) is 2.53. The smallest absolute Gasteiger partial charge is 0.0265 e. The summed E-state index contributed by atoms with van der Waals surface area (Å²) in [5.74, 6) is 0. The molecule has 92 valence electrons. The average molecular weight is 230 g/mol. The maximum atomic E-state index is 3.86. The summed E-state index contributed by atoms with van der Waals surface area (Å²) in [5, 5.41) is 3.56. The van der Waals surface area contributed by atoms with Crippen LogP contribution in [-0.2, 0) is 6.42 Å². The second-order valence-corrected chi connectivity index (χ2v) is 4.90. The second-order valence-electron chi connectivity index (χ2n) is 4.90. The first kappa shape index (κ1) is 12.3. The molecule has 1 aromatic carbocycles. The highest BCUT2D eigenvalue weighted by atomic mass is 15.2. The molecular formula is C15H22N2. The van der Waals surface area contributed by atoms with E-state index in [9.17, 15) is 0 Å². The minimum Gasteiger partial charge on any atom is -0.311 e. The van der Waals surface area contributed by atoms with Crippen LogP contribution in [0.15, 0.2) is 43.0 Å². The molecule has 1 fully saturated rings. The van der Waals surface area contributed by atoms with Crippen LogP contribution in [-0.4, -0.2) is 36.6 Å². The lowest BCUT2D eigenvalue weighted by Gasteiger charge is -2.39. The van der Waals surface area contributed by atoms with Gasteiger partial charge in [-0.1, -0.05) is 36.4 Å². The lowest BCUT2D eigenvalue weighted by atomic mass is 10.0. The van der Waals surface area contributed by atoms with Crippen molar-refractivity contribution in [2.75, 3.05) is 19.6 Å². The van der Waals surface area contributed by atoms with Crippen LogP contribution in [0.5, 0.6) is 0 Å². The van der Waals surface area contributed by atoms with E-state index in [1.165, 1.54) is 5.56 Å². The van der Waals surface area contributed by atoms with E-state index in [1.807, 2.05) is 6.08 Å². The van der Waals surface area contributed by atoms with E-state index < -0.39 is 0 Å². The highest BCUT2D eigenvalue weighted by Crippen LogP contribution is 2.12. The van der Waals surface area contributed by atoms with Crippen LogP contribution in [0, 0.1) is 0 Å². The molecule has 2 nitrogen and oxygen atoms in total. The lowest BCUT2D eigenvalue weighted by Crippen LogP contribution is -2.56. The predicted molar refractivity (Wildman–Crippen MR) is 73.2 cm³/mol. The van der Waals surface area contributed by atoms with Crippen LogP contribution in [0.25, 0.3) is 0 Å². The van der Waals surface area contributed by atoms with Crippen LogP contribution in [0.3, 0.4) is 0 Å². The molecule has 0 spiro atoms. The monoisotopic (exact) mass is 230 g/mol. The van der Waals surface area contributed by atoms with Gasteiger partial charge in [0, 0.05) is 31.7 Å². The molecule has 2 heteroatoms. The van der Waals surface area contributed by atoms with Gasteiger partial charge in [-0.3, -0.25) is 4.90 Å². The molecule has 0 aromatic heterocycles. The molecule has 1 aromatic rings. The maximum Gasteiger partial charge on any atom is 0.0265 e. The Morgan fingerprint density at radius 2 is 2.18 bits per heavy atom. The first-order valence-electron chi connectivity index (χ1n) is 6.42. The van der Waals surface area contributed by atoms with Gasteiger partial charge in [0.25, 0.3) is 0 Å². The van der Waals surface area contributed by atoms with Crippen LogP contribution in [0.2, 0.25) is 0 Å². The summed E-state index contributed by atoms with van der Waals surface area (Å²) < 4.78 is 0. The molecule has 0 bridgehead atoms. The number of rotatable bonds is 4. The molecule has 0 radical (unpaired) electrons. The molecule has 1 aliphatic rings. The van der Waals surface area contributed by atoms with Crippen LogP contribution in [0.4, 0.5) is 0 Å². The number of nitrogens with one attached hydrogen (secondary N) is 1. The van der Waals surface area contributed by atoms with E-state index in [4.69, 9.17) is 0 Å². The third-order valence-electron chi connectivity index (χ3n) is 3.40. The summed E-state index contributed by atoms with van der Waals surface area (Å²) in [6.07, 6.45) is 3.13. The molecule has 1 aliphatic heterocycles. The normalized spacial score (nSPS) is 25.7. The zero-order valence-electron chi connectivity index (χ0n) is 10.6. The first-order valence-corrected chi connectivity index (χ1v) is 6.42. The van der Waals surface area contributed by atoms with Crippen molar-refractivity contribution in [1.82, 2.24) is 10.2 Å². The van der Waals surface area contributed by atoms with Gasteiger partial charge in [0.15, 0.2) is 0 Å². The fourth-order valence-corrected chi connectivity index (χ4v) is 2.51. The van der Waals surface area contributed by atoms with Crippen molar-refractivity contribution in [2.45, 2.75) is 25.4 Å². The Labute approximate surface area is 104 Å². The highest BCUT2D eigenvalue weighted by Gasteiger charge is 2.24. The summed E-state index contributed by atoms with van der Waals surface area (Å²) >= 11 is 0. The van der Waals surface area contributed by atoms with Gasteiger partial charge in [0.2, 0.25) is 0 Å². The van der Waals surface area contributed by atoms with Gasteiger partial charge >= 0.3 is 0 Å². The molecule has 2 atom stereocenters. The molecule has 2 rings (SSSR count). The van der Waals surface area contributed by atoms with Gasteiger partial charge in [-0.15, -0.1) is 6.58 Å². The van der Waals surface area contributed by atoms with Gasteiger partial charge in [-0.25, -0.2) is 0 Å². The largest absolute Gasteiger partial charge is 0.311 e. The molecule has 0 aliphatic carbocycles. The van der Waals surface area contributed by atoms with Crippen LogP contribution < -0.4 is 5.32 Å². The quantitative estimate of drug-likeness (QED) is 0.797.